The smallest absolute Gasteiger partial charge is 0.189 e. The molecule has 3 N–H and O–H groups in total. The van der Waals surface area contributed by atoms with Gasteiger partial charge in [-0.25, -0.2) is 0 Å². The zero-order valence-electron chi connectivity index (χ0n) is 11.1. The third kappa shape index (κ3) is 6.37. The Labute approximate surface area is 94.5 Å². The number of guanidine groups is 1. The maximum absolute atomic E-state index is 7.86. The molecule has 0 aliphatic rings. The lowest BCUT2D eigenvalue weighted by atomic mass is 9.99. The molecular weight excluding hydrogens is 186 g/mol. The Morgan fingerprint density at radius 3 is 1.87 bits per heavy atom. The summed E-state index contributed by atoms with van der Waals surface area (Å²) in [5.74, 6) is 0.431. The maximum Gasteiger partial charge on any atom is 0.189 e. The van der Waals surface area contributed by atoms with Crippen LogP contribution in [0, 0.1) is 5.41 Å². The monoisotopic (exact) mass is 213 g/mol. The molecule has 0 aromatic rings. The largest absolute Gasteiger partial charge is 0.352 e. The highest BCUT2D eigenvalue weighted by atomic mass is 15.2. The van der Waals surface area contributed by atoms with Gasteiger partial charge < -0.3 is 10.6 Å². The summed E-state index contributed by atoms with van der Waals surface area (Å²) in [6.07, 6.45) is 3.21. The summed E-state index contributed by atoms with van der Waals surface area (Å²) in [7, 11) is 0. The van der Waals surface area contributed by atoms with Crippen molar-refractivity contribution in [2.75, 3.05) is 0 Å². The second-order valence-electron chi connectivity index (χ2n) is 5.50. The number of nitrogens with one attached hydrogen (secondary N) is 3. The van der Waals surface area contributed by atoms with Crippen LogP contribution in [-0.4, -0.2) is 17.0 Å². The molecule has 90 valence electrons. The van der Waals surface area contributed by atoms with Gasteiger partial charge in [-0.05, 0) is 40.5 Å². The average Bonchev–Trinajstić information content (AvgIpc) is 2.01. The van der Waals surface area contributed by atoms with E-state index < -0.39 is 0 Å². The summed E-state index contributed by atoms with van der Waals surface area (Å²) in [4.78, 5) is 0. The quantitative estimate of drug-likeness (QED) is 0.486. The van der Waals surface area contributed by atoms with Crippen LogP contribution in [-0.2, 0) is 0 Å². The maximum atomic E-state index is 7.86. The van der Waals surface area contributed by atoms with Crippen LogP contribution in [0.15, 0.2) is 0 Å². The summed E-state index contributed by atoms with van der Waals surface area (Å²) < 4.78 is 0. The summed E-state index contributed by atoms with van der Waals surface area (Å²) in [5, 5.41) is 14.3. The number of rotatable bonds is 5. The van der Waals surface area contributed by atoms with E-state index in [-0.39, 0.29) is 11.1 Å². The van der Waals surface area contributed by atoms with Gasteiger partial charge >= 0.3 is 0 Å². The topological polar surface area (TPSA) is 47.9 Å². The number of hydrogen-bond donors (Lipinski definition) is 3. The predicted molar refractivity (Wildman–Crippen MR) is 67.4 cm³/mol. The molecule has 0 fully saturated rings. The van der Waals surface area contributed by atoms with Crippen LogP contribution in [0.25, 0.3) is 0 Å². The van der Waals surface area contributed by atoms with Crippen molar-refractivity contribution in [3.05, 3.63) is 0 Å². The Hall–Kier alpha value is -0.730. The third-order valence-electron chi connectivity index (χ3n) is 2.69. The van der Waals surface area contributed by atoms with Crippen molar-refractivity contribution in [3.63, 3.8) is 0 Å². The van der Waals surface area contributed by atoms with E-state index in [1.165, 1.54) is 0 Å². The molecule has 3 heteroatoms. The third-order valence-corrected chi connectivity index (χ3v) is 2.69. The van der Waals surface area contributed by atoms with E-state index in [2.05, 4.69) is 52.2 Å². The Morgan fingerprint density at radius 1 is 1.00 bits per heavy atom. The van der Waals surface area contributed by atoms with E-state index in [0.29, 0.717) is 5.96 Å². The van der Waals surface area contributed by atoms with Crippen molar-refractivity contribution in [2.24, 2.45) is 0 Å². The minimum absolute atomic E-state index is 0.00263. The Morgan fingerprint density at radius 2 is 1.47 bits per heavy atom. The molecular formula is C12H27N3. The van der Waals surface area contributed by atoms with Crippen molar-refractivity contribution in [2.45, 2.75) is 71.9 Å². The van der Waals surface area contributed by atoms with Gasteiger partial charge in [0, 0.05) is 11.1 Å². The van der Waals surface area contributed by atoms with Gasteiger partial charge in [-0.15, -0.1) is 0 Å². The molecule has 0 atom stereocenters. The van der Waals surface area contributed by atoms with Gasteiger partial charge in [0.25, 0.3) is 0 Å². The summed E-state index contributed by atoms with van der Waals surface area (Å²) in [6.45, 7) is 12.8. The molecule has 0 aliphatic heterocycles. The number of hydrogen-bond acceptors (Lipinski definition) is 1. The van der Waals surface area contributed by atoms with E-state index in [4.69, 9.17) is 5.41 Å². The molecule has 0 aliphatic carbocycles. The predicted octanol–water partition coefficient (Wildman–Crippen LogP) is 2.87. The molecule has 0 radical (unpaired) electrons. The van der Waals surface area contributed by atoms with Crippen LogP contribution in [0.2, 0.25) is 0 Å². The van der Waals surface area contributed by atoms with Crippen LogP contribution in [0.4, 0.5) is 0 Å². The first-order valence-corrected chi connectivity index (χ1v) is 5.87. The minimum Gasteiger partial charge on any atom is -0.352 e. The zero-order valence-corrected chi connectivity index (χ0v) is 11.1. The first-order valence-electron chi connectivity index (χ1n) is 5.87. The SMILES string of the molecule is CCCC(C)(C)NC(=N)NC(C)(C)CC. The molecule has 0 aromatic carbocycles. The normalized spacial score (nSPS) is 12.4. The molecule has 0 saturated heterocycles. The fourth-order valence-corrected chi connectivity index (χ4v) is 1.48. The molecule has 0 heterocycles. The lowest BCUT2D eigenvalue weighted by molar-refractivity contribution is 0.389. The molecule has 0 spiro atoms. The van der Waals surface area contributed by atoms with Crippen LogP contribution < -0.4 is 10.6 Å². The van der Waals surface area contributed by atoms with E-state index in [1.54, 1.807) is 0 Å². The molecule has 0 saturated carbocycles. The molecule has 0 aromatic heterocycles. The standard InChI is InChI=1S/C12H27N3/c1-7-9-12(5,6)15-10(13)14-11(3,4)8-2/h7-9H2,1-6H3,(H3,13,14,15). The summed E-state index contributed by atoms with van der Waals surface area (Å²) >= 11 is 0. The molecule has 15 heavy (non-hydrogen) atoms. The van der Waals surface area contributed by atoms with Crippen LogP contribution in [0.3, 0.4) is 0 Å². The first kappa shape index (κ1) is 14.3. The highest BCUT2D eigenvalue weighted by Crippen LogP contribution is 2.11. The van der Waals surface area contributed by atoms with Gasteiger partial charge in [0.15, 0.2) is 5.96 Å². The second kappa shape index (κ2) is 5.38. The molecule has 3 nitrogen and oxygen atoms in total. The van der Waals surface area contributed by atoms with Gasteiger partial charge in [-0.3, -0.25) is 5.41 Å². The zero-order chi connectivity index (χ0) is 12.1. The Balaban J connectivity index is 4.14. The van der Waals surface area contributed by atoms with Gasteiger partial charge in [-0.2, -0.15) is 0 Å². The Bertz CT molecular complexity index is 207. The summed E-state index contributed by atoms with van der Waals surface area (Å²) in [6, 6.07) is 0. The fourth-order valence-electron chi connectivity index (χ4n) is 1.48. The summed E-state index contributed by atoms with van der Waals surface area (Å²) in [5.41, 5.74) is -0.00493. The van der Waals surface area contributed by atoms with Crippen LogP contribution in [0.1, 0.15) is 60.8 Å². The van der Waals surface area contributed by atoms with Crippen LogP contribution >= 0.6 is 0 Å². The minimum atomic E-state index is -0.00756. The highest BCUT2D eigenvalue weighted by molar-refractivity contribution is 5.77. The van der Waals surface area contributed by atoms with Crippen molar-refractivity contribution < 1.29 is 0 Å². The van der Waals surface area contributed by atoms with Gasteiger partial charge in [-0.1, -0.05) is 20.3 Å². The van der Waals surface area contributed by atoms with Crippen molar-refractivity contribution in [1.82, 2.24) is 10.6 Å². The van der Waals surface area contributed by atoms with Crippen LogP contribution in [0.5, 0.6) is 0 Å². The van der Waals surface area contributed by atoms with Gasteiger partial charge in [0.1, 0.15) is 0 Å². The van der Waals surface area contributed by atoms with Gasteiger partial charge in [0.2, 0.25) is 0 Å². The lowest BCUT2D eigenvalue weighted by Crippen LogP contribution is -2.54. The van der Waals surface area contributed by atoms with E-state index in [1.807, 2.05) is 0 Å². The highest BCUT2D eigenvalue weighted by Gasteiger charge is 2.21. The Kier molecular flexibility index (Phi) is 5.12. The van der Waals surface area contributed by atoms with E-state index >= 15 is 0 Å². The first-order chi connectivity index (χ1) is 6.72. The van der Waals surface area contributed by atoms with E-state index in [9.17, 15) is 0 Å². The lowest BCUT2D eigenvalue weighted by Gasteiger charge is -2.32. The molecule has 0 rings (SSSR count). The molecule has 0 amide bonds. The average molecular weight is 213 g/mol. The van der Waals surface area contributed by atoms with Crippen molar-refractivity contribution in [1.29, 1.82) is 5.41 Å². The molecule has 0 bridgehead atoms. The molecule has 0 unspecified atom stereocenters. The van der Waals surface area contributed by atoms with Gasteiger partial charge in [0.05, 0.1) is 0 Å². The van der Waals surface area contributed by atoms with Crippen molar-refractivity contribution >= 4 is 5.96 Å². The van der Waals surface area contributed by atoms with E-state index in [0.717, 1.165) is 19.3 Å². The van der Waals surface area contributed by atoms with Crippen molar-refractivity contribution in [3.8, 4) is 0 Å². The second-order valence-corrected chi connectivity index (χ2v) is 5.50. The fraction of sp³-hybridized carbons (Fsp3) is 0.917.